The first-order chi connectivity index (χ1) is 7.22. The van der Waals surface area contributed by atoms with Crippen LogP contribution in [0.2, 0.25) is 0 Å². The van der Waals surface area contributed by atoms with Crippen molar-refractivity contribution in [3.05, 3.63) is 28.8 Å². The summed E-state index contributed by atoms with van der Waals surface area (Å²) in [6, 6.07) is 3.80. The molecule has 1 aliphatic rings. The summed E-state index contributed by atoms with van der Waals surface area (Å²) in [4.78, 5) is 11.4. The number of nitrogens with two attached hydrogens (primary N) is 1. The highest BCUT2D eigenvalue weighted by molar-refractivity contribution is 5.95. The first-order valence-corrected chi connectivity index (χ1v) is 5.22. The second kappa shape index (κ2) is 3.93. The normalized spacial score (nSPS) is 14.5. The Morgan fingerprint density at radius 3 is 2.47 bits per heavy atom. The van der Waals surface area contributed by atoms with Gasteiger partial charge in [0.1, 0.15) is 0 Å². The van der Waals surface area contributed by atoms with Crippen LogP contribution in [0.15, 0.2) is 12.1 Å². The lowest BCUT2D eigenvalue weighted by atomic mass is 9.89. The number of methoxy groups -OCH3 is 1. The maximum atomic E-state index is 11.4. The predicted molar refractivity (Wildman–Crippen MR) is 58.8 cm³/mol. The summed E-state index contributed by atoms with van der Waals surface area (Å²) in [5.41, 5.74) is 9.38. The van der Waals surface area contributed by atoms with E-state index < -0.39 is 0 Å². The van der Waals surface area contributed by atoms with Crippen molar-refractivity contribution in [1.29, 1.82) is 0 Å². The summed E-state index contributed by atoms with van der Waals surface area (Å²) in [6.07, 6.45) is 4.52. The van der Waals surface area contributed by atoms with E-state index in [4.69, 9.17) is 5.73 Å². The summed E-state index contributed by atoms with van der Waals surface area (Å²) in [7, 11) is 1.38. The summed E-state index contributed by atoms with van der Waals surface area (Å²) in [6.45, 7) is 0. The molecular weight excluding hydrogens is 190 g/mol. The third-order valence-corrected chi connectivity index (χ3v) is 2.92. The van der Waals surface area contributed by atoms with Crippen LogP contribution < -0.4 is 5.73 Å². The number of fused-ring (bicyclic) bond motifs is 1. The quantitative estimate of drug-likeness (QED) is 0.563. The fourth-order valence-electron chi connectivity index (χ4n) is 2.09. The molecule has 1 aromatic rings. The zero-order valence-corrected chi connectivity index (χ0v) is 8.88. The van der Waals surface area contributed by atoms with Crippen molar-refractivity contribution in [2.24, 2.45) is 0 Å². The minimum Gasteiger partial charge on any atom is -0.465 e. The van der Waals surface area contributed by atoms with Gasteiger partial charge in [-0.2, -0.15) is 0 Å². The fourth-order valence-corrected chi connectivity index (χ4v) is 2.09. The van der Waals surface area contributed by atoms with Crippen molar-refractivity contribution < 1.29 is 9.53 Å². The molecule has 80 valence electrons. The number of hydrogen-bond acceptors (Lipinski definition) is 3. The van der Waals surface area contributed by atoms with Gasteiger partial charge in [-0.25, -0.2) is 4.79 Å². The maximum Gasteiger partial charge on any atom is 0.339 e. The molecule has 2 N–H and O–H groups in total. The Morgan fingerprint density at radius 1 is 1.27 bits per heavy atom. The van der Waals surface area contributed by atoms with Gasteiger partial charge < -0.3 is 10.5 Å². The van der Waals surface area contributed by atoms with E-state index in [0.717, 1.165) is 12.8 Å². The van der Waals surface area contributed by atoms with Gasteiger partial charge in [0.15, 0.2) is 0 Å². The second-order valence-corrected chi connectivity index (χ2v) is 3.91. The average molecular weight is 205 g/mol. The molecular formula is C12H15NO2. The number of anilines is 1. The van der Waals surface area contributed by atoms with Crippen LogP contribution in [-0.2, 0) is 17.6 Å². The van der Waals surface area contributed by atoms with E-state index in [1.807, 2.05) is 12.1 Å². The van der Waals surface area contributed by atoms with E-state index in [2.05, 4.69) is 4.74 Å². The summed E-state index contributed by atoms with van der Waals surface area (Å²) >= 11 is 0. The number of carbonyl (C=O) groups is 1. The van der Waals surface area contributed by atoms with Crippen LogP contribution >= 0.6 is 0 Å². The highest BCUT2D eigenvalue weighted by Gasteiger charge is 2.16. The van der Waals surface area contributed by atoms with Gasteiger partial charge in [0.2, 0.25) is 0 Å². The molecule has 3 heteroatoms. The van der Waals surface area contributed by atoms with Crippen LogP contribution in [-0.4, -0.2) is 13.1 Å². The largest absolute Gasteiger partial charge is 0.465 e. The second-order valence-electron chi connectivity index (χ2n) is 3.91. The molecule has 0 aromatic heterocycles. The van der Waals surface area contributed by atoms with Crippen molar-refractivity contribution in [2.45, 2.75) is 25.7 Å². The highest BCUT2D eigenvalue weighted by Crippen LogP contribution is 2.26. The molecule has 0 aliphatic heterocycles. The monoisotopic (exact) mass is 205 g/mol. The van der Waals surface area contributed by atoms with E-state index in [0.29, 0.717) is 11.3 Å². The number of aryl methyl sites for hydroxylation is 2. The van der Waals surface area contributed by atoms with Gasteiger partial charge in [-0.1, -0.05) is 0 Å². The lowest BCUT2D eigenvalue weighted by molar-refractivity contribution is 0.0602. The Hall–Kier alpha value is -1.51. The number of nitrogen functional groups attached to an aromatic ring is 1. The molecule has 0 heterocycles. The van der Waals surface area contributed by atoms with E-state index in [-0.39, 0.29) is 5.97 Å². The highest BCUT2D eigenvalue weighted by atomic mass is 16.5. The standard InChI is InChI=1S/C12H15NO2/c1-15-12(14)10-6-8-4-2-3-5-9(8)7-11(10)13/h6-7H,2-5,13H2,1H3. The molecule has 1 aromatic carbocycles. The van der Waals surface area contributed by atoms with Crippen LogP contribution in [0.25, 0.3) is 0 Å². The zero-order valence-electron chi connectivity index (χ0n) is 8.88. The summed E-state index contributed by atoms with van der Waals surface area (Å²) in [5.74, 6) is -0.346. The molecule has 0 spiro atoms. The Morgan fingerprint density at radius 2 is 1.87 bits per heavy atom. The Bertz CT molecular complexity index is 399. The average Bonchev–Trinajstić information content (AvgIpc) is 2.27. The Balaban J connectivity index is 2.44. The molecule has 2 rings (SSSR count). The molecule has 15 heavy (non-hydrogen) atoms. The molecule has 0 unspecified atom stereocenters. The van der Waals surface area contributed by atoms with Crippen molar-refractivity contribution in [3.63, 3.8) is 0 Å². The lowest BCUT2D eigenvalue weighted by Gasteiger charge is -2.17. The molecule has 0 atom stereocenters. The molecule has 0 saturated heterocycles. The number of rotatable bonds is 1. The van der Waals surface area contributed by atoms with E-state index in [9.17, 15) is 4.79 Å². The van der Waals surface area contributed by atoms with E-state index in [1.165, 1.54) is 31.1 Å². The lowest BCUT2D eigenvalue weighted by Crippen LogP contribution is -2.10. The summed E-state index contributed by atoms with van der Waals surface area (Å²) < 4.78 is 4.69. The van der Waals surface area contributed by atoms with Crippen LogP contribution in [0.3, 0.4) is 0 Å². The van der Waals surface area contributed by atoms with Gasteiger partial charge in [0.05, 0.1) is 12.7 Å². The third kappa shape index (κ3) is 1.82. The van der Waals surface area contributed by atoms with Gasteiger partial charge in [0, 0.05) is 5.69 Å². The number of esters is 1. The molecule has 1 aliphatic carbocycles. The van der Waals surface area contributed by atoms with Crippen molar-refractivity contribution >= 4 is 11.7 Å². The first-order valence-electron chi connectivity index (χ1n) is 5.22. The van der Waals surface area contributed by atoms with Gasteiger partial charge in [-0.15, -0.1) is 0 Å². The van der Waals surface area contributed by atoms with Crippen molar-refractivity contribution in [3.8, 4) is 0 Å². The maximum absolute atomic E-state index is 11.4. The number of carbonyl (C=O) groups excluding carboxylic acids is 1. The first kappa shape index (κ1) is 10.0. The Kier molecular flexibility index (Phi) is 2.62. The topological polar surface area (TPSA) is 52.3 Å². The zero-order chi connectivity index (χ0) is 10.8. The van der Waals surface area contributed by atoms with Crippen LogP contribution in [0.5, 0.6) is 0 Å². The number of ether oxygens (including phenoxy) is 1. The molecule has 3 nitrogen and oxygen atoms in total. The number of benzene rings is 1. The summed E-state index contributed by atoms with van der Waals surface area (Å²) in [5, 5.41) is 0. The fraction of sp³-hybridized carbons (Fsp3) is 0.417. The number of hydrogen-bond donors (Lipinski definition) is 1. The van der Waals surface area contributed by atoms with Crippen molar-refractivity contribution in [1.82, 2.24) is 0 Å². The molecule has 0 amide bonds. The minimum absolute atomic E-state index is 0.346. The van der Waals surface area contributed by atoms with Gasteiger partial charge in [0.25, 0.3) is 0 Å². The van der Waals surface area contributed by atoms with Gasteiger partial charge >= 0.3 is 5.97 Å². The predicted octanol–water partition coefficient (Wildman–Crippen LogP) is 1.93. The molecule has 0 saturated carbocycles. The van der Waals surface area contributed by atoms with Gasteiger partial charge in [-0.3, -0.25) is 0 Å². The van der Waals surface area contributed by atoms with Crippen LogP contribution in [0, 0.1) is 0 Å². The Labute approximate surface area is 89.2 Å². The SMILES string of the molecule is COC(=O)c1cc2c(cc1N)CCCC2. The van der Waals surface area contributed by atoms with E-state index >= 15 is 0 Å². The van der Waals surface area contributed by atoms with Gasteiger partial charge in [-0.05, 0) is 48.9 Å². The van der Waals surface area contributed by atoms with Crippen LogP contribution in [0.1, 0.15) is 34.3 Å². The van der Waals surface area contributed by atoms with Crippen molar-refractivity contribution in [2.75, 3.05) is 12.8 Å². The third-order valence-electron chi connectivity index (χ3n) is 2.92. The molecule has 0 bridgehead atoms. The minimum atomic E-state index is -0.346. The van der Waals surface area contributed by atoms with E-state index in [1.54, 1.807) is 0 Å². The van der Waals surface area contributed by atoms with Crippen LogP contribution in [0.4, 0.5) is 5.69 Å². The molecule has 0 fully saturated rings. The molecule has 0 radical (unpaired) electrons. The smallest absolute Gasteiger partial charge is 0.339 e.